The van der Waals surface area contributed by atoms with Crippen LogP contribution in [0.1, 0.15) is 0 Å². The topological polar surface area (TPSA) is 269 Å². The molecule has 14 atom stereocenters. The van der Waals surface area contributed by atoms with Crippen LogP contribution in [0.4, 0.5) is 0 Å². The average Bonchev–Trinajstić information content (AvgIpc) is 3.10. The molecule has 0 bridgehead atoms. The second-order valence-corrected chi connectivity index (χ2v) is 8.37. The molecule has 16 heteroatoms. The van der Waals surface area contributed by atoms with Gasteiger partial charge in [-0.15, -0.1) is 0 Å². The Labute approximate surface area is 192 Å². The zero-order valence-corrected chi connectivity index (χ0v) is 17.8. The fourth-order valence-electron chi connectivity index (χ4n) is 4.12. The molecule has 3 aliphatic rings. The molecular weight excluding hydrogens is 472 g/mol. The van der Waals surface area contributed by atoms with E-state index in [4.69, 9.17) is 23.7 Å². The summed E-state index contributed by atoms with van der Waals surface area (Å²) in [7, 11) is 0. The summed E-state index contributed by atoms with van der Waals surface area (Å²) in [5.74, 6) is -2.43. The SMILES string of the molecule is OC[C@@H]1O[C@@](CO)(O[C@H]2O[C@@H](CO)[C@@H](O)[C@@H](O)[C@H]2O)[C@H](O[C@@H]2O[C@@H](CO)[C@@H](O)[C@H](O)[C@@H]2O)[C@@H]1O. The standard InChI is InChI=1S/C18H32O16/c19-1-5-8(23)11(26)13(28)16(30-5)32-15-10(25)7(3-21)33-18(15,4-22)34-17-14(29)12(27)9(24)6(2-20)31-17/h5-17,19-29H,1-4H2/t5-,6-,7-,8+,9+,10+,11-,12+,13-,14+,15+,16-,17+,18-/m0/s1. The van der Waals surface area contributed by atoms with Crippen LogP contribution >= 0.6 is 0 Å². The van der Waals surface area contributed by atoms with Crippen LogP contribution in [0.25, 0.3) is 0 Å². The predicted molar refractivity (Wildman–Crippen MR) is 101 cm³/mol. The number of hydrogen-bond donors (Lipinski definition) is 11. The van der Waals surface area contributed by atoms with Crippen LogP contribution in [-0.4, -0.2) is 168 Å². The third kappa shape index (κ3) is 4.96. The predicted octanol–water partition coefficient (Wildman–Crippen LogP) is -7.57. The zero-order valence-electron chi connectivity index (χ0n) is 17.8. The number of rotatable bonds is 8. The van der Waals surface area contributed by atoms with Crippen molar-refractivity contribution in [1.82, 2.24) is 0 Å². The van der Waals surface area contributed by atoms with Gasteiger partial charge in [0.2, 0.25) is 5.79 Å². The lowest BCUT2D eigenvalue weighted by Gasteiger charge is -2.45. The van der Waals surface area contributed by atoms with Gasteiger partial charge in [-0.3, -0.25) is 0 Å². The Morgan fingerprint density at radius 2 is 1.03 bits per heavy atom. The summed E-state index contributed by atoms with van der Waals surface area (Å²) < 4.78 is 27.0. The Kier molecular flexibility index (Phi) is 9.18. The van der Waals surface area contributed by atoms with E-state index in [0.717, 1.165) is 0 Å². The number of aliphatic hydroxyl groups excluding tert-OH is 11. The van der Waals surface area contributed by atoms with Gasteiger partial charge >= 0.3 is 0 Å². The second kappa shape index (κ2) is 11.2. The number of ether oxygens (including phenoxy) is 5. The molecule has 0 spiro atoms. The van der Waals surface area contributed by atoms with E-state index < -0.39 is 112 Å². The van der Waals surface area contributed by atoms with E-state index in [9.17, 15) is 56.2 Å². The summed E-state index contributed by atoms with van der Waals surface area (Å²) in [4.78, 5) is 0. The molecule has 0 saturated carbocycles. The van der Waals surface area contributed by atoms with Gasteiger partial charge in [-0.25, -0.2) is 0 Å². The highest BCUT2D eigenvalue weighted by Crippen LogP contribution is 2.39. The Morgan fingerprint density at radius 3 is 1.50 bits per heavy atom. The lowest BCUT2D eigenvalue weighted by atomic mass is 9.98. The van der Waals surface area contributed by atoms with Crippen molar-refractivity contribution in [3.05, 3.63) is 0 Å². The summed E-state index contributed by atoms with van der Waals surface area (Å²) >= 11 is 0. The van der Waals surface area contributed by atoms with Gasteiger partial charge in [-0.2, -0.15) is 0 Å². The van der Waals surface area contributed by atoms with Crippen molar-refractivity contribution in [1.29, 1.82) is 0 Å². The largest absolute Gasteiger partial charge is 0.394 e. The maximum absolute atomic E-state index is 10.6. The molecule has 0 aromatic rings. The molecule has 3 saturated heterocycles. The van der Waals surface area contributed by atoms with Crippen molar-refractivity contribution >= 4 is 0 Å². The highest BCUT2D eigenvalue weighted by Gasteiger charge is 2.61. The van der Waals surface area contributed by atoms with Crippen LogP contribution in [-0.2, 0) is 23.7 Å². The third-order valence-electron chi connectivity index (χ3n) is 6.17. The van der Waals surface area contributed by atoms with Crippen LogP contribution in [0.5, 0.6) is 0 Å². The normalized spacial score (nSPS) is 52.1. The van der Waals surface area contributed by atoms with E-state index in [1.54, 1.807) is 0 Å². The van der Waals surface area contributed by atoms with Crippen molar-refractivity contribution in [3.63, 3.8) is 0 Å². The van der Waals surface area contributed by atoms with Crippen molar-refractivity contribution < 1.29 is 79.9 Å². The highest BCUT2D eigenvalue weighted by molar-refractivity contribution is 5.01. The molecule has 0 amide bonds. The van der Waals surface area contributed by atoms with E-state index in [1.807, 2.05) is 0 Å². The minimum absolute atomic E-state index is 0.777. The Bertz CT molecular complexity index is 651. The first-order valence-corrected chi connectivity index (χ1v) is 10.6. The monoisotopic (exact) mass is 504 g/mol. The Morgan fingerprint density at radius 1 is 0.559 bits per heavy atom. The smallest absolute Gasteiger partial charge is 0.224 e. The van der Waals surface area contributed by atoms with Gasteiger partial charge in [0, 0.05) is 0 Å². The molecule has 3 heterocycles. The first-order chi connectivity index (χ1) is 16.0. The van der Waals surface area contributed by atoms with Gasteiger partial charge in [0.05, 0.1) is 19.8 Å². The van der Waals surface area contributed by atoms with Gasteiger partial charge < -0.3 is 79.9 Å². The first kappa shape index (κ1) is 27.9. The highest BCUT2D eigenvalue weighted by atomic mass is 16.8. The van der Waals surface area contributed by atoms with Crippen LogP contribution in [0.3, 0.4) is 0 Å². The van der Waals surface area contributed by atoms with Crippen LogP contribution in [0, 0.1) is 0 Å². The quantitative estimate of drug-likeness (QED) is 0.146. The van der Waals surface area contributed by atoms with E-state index in [-0.39, 0.29) is 0 Å². The molecule has 0 aromatic carbocycles. The average molecular weight is 504 g/mol. The summed E-state index contributed by atoms with van der Waals surface area (Å²) in [6, 6.07) is 0. The lowest BCUT2D eigenvalue weighted by molar-refractivity contribution is -0.400. The zero-order chi connectivity index (χ0) is 25.4. The van der Waals surface area contributed by atoms with Gasteiger partial charge in [0.25, 0.3) is 0 Å². The minimum Gasteiger partial charge on any atom is -0.394 e. The summed E-state index contributed by atoms with van der Waals surface area (Å²) in [6.07, 6.45) is -22.3. The maximum atomic E-state index is 10.6. The molecule has 34 heavy (non-hydrogen) atoms. The molecular formula is C18H32O16. The maximum Gasteiger partial charge on any atom is 0.224 e. The number of hydrogen-bond acceptors (Lipinski definition) is 16. The summed E-state index contributed by atoms with van der Waals surface area (Å²) in [5, 5.41) is 109. The van der Waals surface area contributed by atoms with E-state index in [0.29, 0.717) is 0 Å². The van der Waals surface area contributed by atoms with Gasteiger partial charge in [0.15, 0.2) is 12.6 Å². The van der Waals surface area contributed by atoms with E-state index in [2.05, 4.69) is 0 Å². The molecule has 3 rings (SSSR count). The molecule has 200 valence electrons. The fourth-order valence-corrected chi connectivity index (χ4v) is 4.12. The molecule has 0 unspecified atom stereocenters. The molecule has 0 radical (unpaired) electrons. The minimum atomic E-state index is -2.43. The lowest BCUT2D eigenvalue weighted by Crippen LogP contribution is -2.64. The van der Waals surface area contributed by atoms with Crippen LogP contribution in [0.15, 0.2) is 0 Å². The second-order valence-electron chi connectivity index (χ2n) is 8.37. The number of aliphatic hydroxyl groups is 11. The third-order valence-corrected chi connectivity index (χ3v) is 6.17. The molecule has 16 nitrogen and oxygen atoms in total. The van der Waals surface area contributed by atoms with Gasteiger partial charge in [-0.05, 0) is 0 Å². The molecule has 11 N–H and O–H groups in total. The van der Waals surface area contributed by atoms with Crippen molar-refractivity contribution in [2.75, 3.05) is 26.4 Å². The van der Waals surface area contributed by atoms with E-state index >= 15 is 0 Å². The summed E-state index contributed by atoms with van der Waals surface area (Å²) in [6.45, 7) is -3.49. The van der Waals surface area contributed by atoms with Gasteiger partial charge in [-0.1, -0.05) is 0 Å². The molecule has 0 aliphatic carbocycles. The van der Waals surface area contributed by atoms with Crippen LogP contribution < -0.4 is 0 Å². The molecule has 0 aromatic heterocycles. The molecule has 3 fully saturated rings. The molecule has 3 aliphatic heterocycles. The fraction of sp³-hybridized carbons (Fsp3) is 1.00. The van der Waals surface area contributed by atoms with E-state index in [1.165, 1.54) is 0 Å². The summed E-state index contributed by atoms with van der Waals surface area (Å²) in [5.41, 5.74) is 0. The van der Waals surface area contributed by atoms with Crippen molar-refractivity contribution in [2.45, 2.75) is 85.5 Å². The van der Waals surface area contributed by atoms with Crippen LogP contribution in [0.2, 0.25) is 0 Å². The Hall–Kier alpha value is -0.640. The van der Waals surface area contributed by atoms with Gasteiger partial charge in [0.1, 0.15) is 73.8 Å². The Balaban J connectivity index is 1.87. The first-order valence-electron chi connectivity index (χ1n) is 10.6. The van der Waals surface area contributed by atoms with Crippen molar-refractivity contribution in [2.24, 2.45) is 0 Å². The van der Waals surface area contributed by atoms with Crippen molar-refractivity contribution in [3.8, 4) is 0 Å².